The summed E-state index contributed by atoms with van der Waals surface area (Å²) in [7, 11) is -3.62. The second-order valence-electron chi connectivity index (χ2n) is 8.28. The molecule has 31 heavy (non-hydrogen) atoms. The molecule has 6 nitrogen and oxygen atoms in total. The third-order valence-electron chi connectivity index (χ3n) is 5.75. The number of rotatable bonds is 9. The molecule has 0 aliphatic carbocycles. The zero-order chi connectivity index (χ0) is 22.4. The number of carbonyl (C=O) groups excluding carboxylic acids is 1. The van der Waals surface area contributed by atoms with Gasteiger partial charge in [0.1, 0.15) is 6.04 Å². The van der Waals surface area contributed by atoms with Crippen molar-refractivity contribution < 1.29 is 13.2 Å². The van der Waals surface area contributed by atoms with Crippen LogP contribution in [0.5, 0.6) is 0 Å². The average molecular weight is 444 g/mol. The van der Waals surface area contributed by atoms with Gasteiger partial charge in [0.15, 0.2) is 0 Å². The summed E-state index contributed by atoms with van der Waals surface area (Å²) in [4.78, 5) is 15.3. The fraction of sp³-hybridized carbons (Fsp3) is 0.458. The molecule has 3 rings (SSSR count). The van der Waals surface area contributed by atoms with E-state index in [0.29, 0.717) is 12.2 Å². The predicted octanol–water partition coefficient (Wildman–Crippen LogP) is 3.32. The van der Waals surface area contributed by atoms with E-state index in [1.807, 2.05) is 31.2 Å². The van der Waals surface area contributed by atoms with Crippen molar-refractivity contribution in [3.8, 4) is 0 Å². The molecule has 1 aliphatic rings. The number of hydrogen-bond acceptors (Lipinski definition) is 4. The van der Waals surface area contributed by atoms with Gasteiger partial charge in [0.25, 0.3) is 0 Å². The number of hydrogen-bond donors (Lipinski definition) is 1. The SMILES string of the molecule is CCc1ccc(N([C@H](C)C(=O)NCc2cccc(CN3CCCC3)c2)S(C)(=O)=O)cc1. The van der Waals surface area contributed by atoms with Crippen LogP contribution in [0.3, 0.4) is 0 Å². The van der Waals surface area contributed by atoms with Crippen LogP contribution < -0.4 is 9.62 Å². The minimum atomic E-state index is -3.62. The van der Waals surface area contributed by atoms with Gasteiger partial charge in [0.2, 0.25) is 15.9 Å². The first kappa shape index (κ1) is 23.3. The van der Waals surface area contributed by atoms with Crippen molar-refractivity contribution >= 4 is 21.6 Å². The minimum Gasteiger partial charge on any atom is -0.350 e. The van der Waals surface area contributed by atoms with Crippen LogP contribution in [0.4, 0.5) is 5.69 Å². The lowest BCUT2D eigenvalue weighted by atomic mass is 10.1. The summed E-state index contributed by atoms with van der Waals surface area (Å²) in [6.45, 7) is 7.22. The standard InChI is InChI=1S/C24H33N3O3S/c1-4-20-10-12-23(13-11-20)27(31(3,29)30)19(2)24(28)25-17-21-8-7-9-22(16-21)18-26-14-5-6-15-26/h7-13,16,19H,4-6,14-15,17-18H2,1-3H3,(H,25,28)/t19-/m1/s1. The fourth-order valence-corrected chi connectivity index (χ4v) is 5.24. The zero-order valence-electron chi connectivity index (χ0n) is 18.7. The van der Waals surface area contributed by atoms with Crippen molar-refractivity contribution in [3.63, 3.8) is 0 Å². The number of likely N-dealkylation sites (tertiary alicyclic amines) is 1. The highest BCUT2D eigenvalue weighted by atomic mass is 32.2. The molecule has 1 aliphatic heterocycles. The summed E-state index contributed by atoms with van der Waals surface area (Å²) in [5, 5.41) is 2.91. The Labute approximate surface area is 186 Å². The van der Waals surface area contributed by atoms with E-state index in [4.69, 9.17) is 0 Å². The number of nitrogens with zero attached hydrogens (tertiary/aromatic N) is 2. The van der Waals surface area contributed by atoms with Crippen LogP contribution >= 0.6 is 0 Å². The molecule has 2 aromatic carbocycles. The Balaban J connectivity index is 1.66. The average Bonchev–Trinajstić information content (AvgIpc) is 3.25. The van der Waals surface area contributed by atoms with E-state index in [9.17, 15) is 13.2 Å². The Morgan fingerprint density at radius 3 is 2.32 bits per heavy atom. The second kappa shape index (κ2) is 10.3. The Kier molecular flexibility index (Phi) is 7.73. The molecule has 2 aromatic rings. The maximum Gasteiger partial charge on any atom is 0.243 e. The molecule has 0 aromatic heterocycles. The number of anilines is 1. The van der Waals surface area contributed by atoms with Crippen molar-refractivity contribution in [2.45, 2.75) is 52.2 Å². The smallest absolute Gasteiger partial charge is 0.243 e. The third kappa shape index (κ3) is 6.31. The van der Waals surface area contributed by atoms with Gasteiger partial charge in [-0.2, -0.15) is 0 Å². The van der Waals surface area contributed by atoms with Gasteiger partial charge in [-0.25, -0.2) is 8.42 Å². The van der Waals surface area contributed by atoms with Gasteiger partial charge in [0, 0.05) is 13.1 Å². The summed E-state index contributed by atoms with van der Waals surface area (Å²) in [6.07, 6.45) is 4.51. The molecule has 1 atom stereocenters. The lowest BCUT2D eigenvalue weighted by Gasteiger charge is -2.28. The molecular weight excluding hydrogens is 410 g/mol. The van der Waals surface area contributed by atoms with E-state index < -0.39 is 16.1 Å². The molecule has 1 heterocycles. The highest BCUT2D eigenvalue weighted by Gasteiger charge is 2.29. The first-order valence-corrected chi connectivity index (χ1v) is 12.8. The topological polar surface area (TPSA) is 69.7 Å². The Morgan fingerprint density at radius 2 is 1.71 bits per heavy atom. The quantitative estimate of drug-likeness (QED) is 0.646. The predicted molar refractivity (Wildman–Crippen MR) is 125 cm³/mol. The van der Waals surface area contributed by atoms with E-state index in [1.165, 1.54) is 22.7 Å². The van der Waals surface area contributed by atoms with Crippen molar-refractivity contribution in [2.24, 2.45) is 0 Å². The number of benzene rings is 2. The Hall–Kier alpha value is -2.38. The second-order valence-corrected chi connectivity index (χ2v) is 10.1. The largest absolute Gasteiger partial charge is 0.350 e. The maximum absolute atomic E-state index is 12.8. The Bertz CT molecular complexity index is 983. The van der Waals surface area contributed by atoms with Crippen LogP contribution in [0, 0.1) is 0 Å². The molecule has 0 radical (unpaired) electrons. The van der Waals surface area contributed by atoms with Gasteiger partial charge in [-0.15, -0.1) is 0 Å². The number of aryl methyl sites for hydroxylation is 1. The van der Waals surface area contributed by atoms with E-state index >= 15 is 0 Å². The highest BCUT2D eigenvalue weighted by Crippen LogP contribution is 2.22. The zero-order valence-corrected chi connectivity index (χ0v) is 19.5. The molecule has 1 fully saturated rings. The van der Waals surface area contributed by atoms with Gasteiger partial charge >= 0.3 is 0 Å². The van der Waals surface area contributed by atoms with Crippen LogP contribution in [0.15, 0.2) is 48.5 Å². The number of amides is 1. The van der Waals surface area contributed by atoms with Gasteiger partial charge in [-0.05, 0) is 68.1 Å². The van der Waals surface area contributed by atoms with E-state index in [-0.39, 0.29) is 5.91 Å². The first-order chi connectivity index (χ1) is 14.8. The van der Waals surface area contributed by atoms with Crippen LogP contribution in [0.1, 0.15) is 43.4 Å². The van der Waals surface area contributed by atoms with Crippen molar-refractivity contribution in [1.82, 2.24) is 10.2 Å². The number of sulfonamides is 1. The highest BCUT2D eigenvalue weighted by molar-refractivity contribution is 7.92. The summed E-state index contributed by atoms with van der Waals surface area (Å²) >= 11 is 0. The summed E-state index contributed by atoms with van der Waals surface area (Å²) in [5.41, 5.74) is 3.85. The van der Waals surface area contributed by atoms with Gasteiger partial charge < -0.3 is 5.32 Å². The molecular formula is C24H33N3O3S. The lowest BCUT2D eigenvalue weighted by Crippen LogP contribution is -2.47. The van der Waals surface area contributed by atoms with Crippen molar-refractivity contribution in [1.29, 1.82) is 0 Å². The van der Waals surface area contributed by atoms with Crippen LogP contribution in [0.2, 0.25) is 0 Å². The third-order valence-corrected chi connectivity index (χ3v) is 6.99. The number of carbonyl (C=O) groups is 1. The molecule has 0 saturated carbocycles. The van der Waals surface area contributed by atoms with Gasteiger partial charge in [-0.1, -0.05) is 43.3 Å². The molecule has 0 spiro atoms. The molecule has 1 amide bonds. The maximum atomic E-state index is 12.8. The molecule has 7 heteroatoms. The lowest BCUT2D eigenvalue weighted by molar-refractivity contribution is -0.122. The van der Waals surface area contributed by atoms with Crippen molar-refractivity contribution in [2.75, 3.05) is 23.7 Å². The first-order valence-electron chi connectivity index (χ1n) is 10.9. The minimum absolute atomic E-state index is 0.324. The van der Waals surface area contributed by atoms with Crippen LogP contribution in [-0.4, -0.2) is 44.6 Å². The van der Waals surface area contributed by atoms with Gasteiger partial charge in [-0.3, -0.25) is 14.0 Å². The Morgan fingerprint density at radius 1 is 1.06 bits per heavy atom. The molecule has 1 N–H and O–H groups in total. The normalized spacial score (nSPS) is 15.6. The summed E-state index contributed by atoms with van der Waals surface area (Å²) in [6, 6.07) is 14.7. The summed E-state index contributed by atoms with van der Waals surface area (Å²) < 4.78 is 26.1. The summed E-state index contributed by atoms with van der Waals surface area (Å²) in [5.74, 6) is -0.324. The van der Waals surface area contributed by atoms with Crippen LogP contribution in [-0.2, 0) is 34.3 Å². The molecule has 168 valence electrons. The monoisotopic (exact) mass is 443 g/mol. The van der Waals surface area contributed by atoms with E-state index in [1.54, 1.807) is 19.1 Å². The molecule has 1 saturated heterocycles. The number of nitrogens with one attached hydrogen (secondary N) is 1. The van der Waals surface area contributed by atoms with Crippen LogP contribution in [0.25, 0.3) is 0 Å². The van der Waals surface area contributed by atoms with E-state index in [2.05, 4.69) is 22.3 Å². The van der Waals surface area contributed by atoms with E-state index in [0.717, 1.165) is 43.4 Å². The fourth-order valence-electron chi connectivity index (χ4n) is 4.06. The van der Waals surface area contributed by atoms with Gasteiger partial charge in [0.05, 0.1) is 11.9 Å². The van der Waals surface area contributed by atoms with Crippen molar-refractivity contribution in [3.05, 3.63) is 65.2 Å². The molecule has 0 bridgehead atoms. The molecule has 0 unspecified atom stereocenters.